The molecule has 0 radical (unpaired) electrons. The first-order valence-electron chi connectivity index (χ1n) is 5.25. The second-order valence-electron chi connectivity index (χ2n) is 3.74. The van der Waals surface area contributed by atoms with Crippen molar-refractivity contribution in [1.82, 2.24) is 0 Å². The molecule has 4 nitrogen and oxygen atoms in total. The lowest BCUT2D eigenvalue weighted by molar-refractivity contribution is 0.0696. The van der Waals surface area contributed by atoms with Crippen molar-refractivity contribution in [2.75, 3.05) is 12.9 Å². The van der Waals surface area contributed by atoms with Crippen molar-refractivity contribution in [3.8, 4) is 0 Å². The Kier molecular flexibility index (Phi) is 3.38. The van der Waals surface area contributed by atoms with Gasteiger partial charge in [-0.2, -0.15) is 0 Å². The normalized spacial score (nSPS) is 16.7. The average Bonchev–Trinajstić information content (AvgIpc) is 2.29. The van der Waals surface area contributed by atoms with Gasteiger partial charge in [-0.3, -0.25) is 0 Å². The van der Waals surface area contributed by atoms with Gasteiger partial charge in [0.1, 0.15) is 7.11 Å². The van der Waals surface area contributed by atoms with Crippen LogP contribution in [0.5, 0.6) is 0 Å². The second-order valence-corrected chi connectivity index (χ2v) is 4.87. The van der Waals surface area contributed by atoms with Crippen molar-refractivity contribution in [2.45, 2.75) is 18.2 Å². The third kappa shape index (κ3) is 2.15. The van der Waals surface area contributed by atoms with E-state index in [0.717, 1.165) is 33.9 Å². The van der Waals surface area contributed by atoms with Gasteiger partial charge >= 0.3 is 5.97 Å². The van der Waals surface area contributed by atoms with Gasteiger partial charge in [-0.25, -0.2) is 4.79 Å². The van der Waals surface area contributed by atoms with Gasteiger partial charge in [0, 0.05) is 22.6 Å². The van der Waals surface area contributed by atoms with Crippen LogP contribution in [0.1, 0.15) is 27.9 Å². The number of fused-ring (bicyclic) bond motifs is 1. The predicted octanol–water partition coefficient (Wildman–Crippen LogP) is 2.54. The summed E-state index contributed by atoms with van der Waals surface area (Å²) in [6.45, 7) is 1.82. The van der Waals surface area contributed by atoms with Crippen LogP contribution < -0.4 is 0 Å². The molecule has 1 aromatic rings. The lowest BCUT2D eigenvalue weighted by atomic mass is 9.97. The van der Waals surface area contributed by atoms with E-state index in [-0.39, 0.29) is 0 Å². The molecule has 90 valence electrons. The monoisotopic (exact) mass is 251 g/mol. The Bertz CT molecular complexity index is 497. The van der Waals surface area contributed by atoms with E-state index in [0.29, 0.717) is 5.56 Å². The van der Waals surface area contributed by atoms with Gasteiger partial charge < -0.3 is 9.94 Å². The number of aromatic carboxylic acids is 1. The summed E-state index contributed by atoms with van der Waals surface area (Å²) in [4.78, 5) is 17.0. The quantitative estimate of drug-likeness (QED) is 0.821. The summed E-state index contributed by atoms with van der Waals surface area (Å²) in [5.41, 5.74) is 2.85. The van der Waals surface area contributed by atoms with Crippen LogP contribution in [-0.4, -0.2) is 29.7 Å². The molecule has 0 saturated carbocycles. The number of benzene rings is 1. The number of hydrogen-bond donors (Lipinski definition) is 1. The number of thioether (sulfide) groups is 1. The highest BCUT2D eigenvalue weighted by Gasteiger charge is 2.22. The molecule has 17 heavy (non-hydrogen) atoms. The number of carboxylic acid groups (broad SMARTS) is 1. The number of hydrogen-bond acceptors (Lipinski definition) is 4. The van der Waals surface area contributed by atoms with Crippen molar-refractivity contribution in [1.29, 1.82) is 0 Å². The van der Waals surface area contributed by atoms with Crippen LogP contribution in [0.15, 0.2) is 22.2 Å². The maximum absolute atomic E-state index is 11.1. The Morgan fingerprint density at radius 2 is 2.29 bits per heavy atom. The minimum absolute atomic E-state index is 0.329. The largest absolute Gasteiger partial charge is 0.478 e. The van der Waals surface area contributed by atoms with Crippen molar-refractivity contribution in [3.05, 3.63) is 28.8 Å². The molecule has 0 atom stereocenters. The first kappa shape index (κ1) is 12.0. The van der Waals surface area contributed by atoms with E-state index in [2.05, 4.69) is 5.16 Å². The predicted molar refractivity (Wildman–Crippen MR) is 67.0 cm³/mol. The first-order valence-corrected chi connectivity index (χ1v) is 6.23. The van der Waals surface area contributed by atoms with Crippen LogP contribution in [0.3, 0.4) is 0 Å². The van der Waals surface area contributed by atoms with Crippen LogP contribution in [0.25, 0.3) is 0 Å². The Labute approximate surface area is 104 Å². The van der Waals surface area contributed by atoms with E-state index in [1.165, 1.54) is 7.11 Å². The minimum Gasteiger partial charge on any atom is -0.478 e. The molecule has 0 amide bonds. The molecule has 0 aliphatic carbocycles. The van der Waals surface area contributed by atoms with Gasteiger partial charge in [-0.05, 0) is 24.6 Å². The van der Waals surface area contributed by atoms with Gasteiger partial charge in [-0.1, -0.05) is 5.16 Å². The molecule has 1 aliphatic rings. The summed E-state index contributed by atoms with van der Waals surface area (Å²) >= 11 is 1.72. The fraction of sp³-hybridized carbons (Fsp3) is 0.333. The van der Waals surface area contributed by atoms with Crippen molar-refractivity contribution in [2.24, 2.45) is 5.16 Å². The number of oxime groups is 1. The minimum atomic E-state index is -0.905. The SMILES string of the molecule is CON=C1CCSc2ccc(C(=O)O)c(C)c21. The molecular weight excluding hydrogens is 238 g/mol. The standard InChI is InChI=1S/C12H13NO3S/c1-7-8(12(14)15)3-4-10-11(7)9(13-16-2)5-6-17-10/h3-4H,5-6H2,1-2H3,(H,14,15). The van der Waals surface area contributed by atoms with E-state index in [1.807, 2.05) is 13.0 Å². The van der Waals surface area contributed by atoms with Crippen LogP contribution in [0, 0.1) is 6.92 Å². The average molecular weight is 251 g/mol. The smallest absolute Gasteiger partial charge is 0.335 e. The summed E-state index contributed by atoms with van der Waals surface area (Å²) < 4.78 is 0. The zero-order valence-electron chi connectivity index (χ0n) is 9.69. The van der Waals surface area contributed by atoms with Gasteiger partial charge in [-0.15, -0.1) is 11.8 Å². The lowest BCUT2D eigenvalue weighted by Gasteiger charge is -2.20. The number of nitrogens with zero attached hydrogens (tertiary/aromatic N) is 1. The molecule has 1 heterocycles. The van der Waals surface area contributed by atoms with Gasteiger partial charge in [0.15, 0.2) is 0 Å². The highest BCUT2D eigenvalue weighted by atomic mass is 32.2. The van der Waals surface area contributed by atoms with Crippen molar-refractivity contribution < 1.29 is 14.7 Å². The molecule has 5 heteroatoms. The molecule has 0 fully saturated rings. The van der Waals surface area contributed by atoms with Gasteiger partial charge in [0.2, 0.25) is 0 Å². The summed E-state index contributed by atoms with van der Waals surface area (Å²) in [5, 5.41) is 13.1. The summed E-state index contributed by atoms with van der Waals surface area (Å²) in [6, 6.07) is 3.50. The van der Waals surface area contributed by atoms with Crippen molar-refractivity contribution in [3.63, 3.8) is 0 Å². The number of carbonyl (C=O) groups is 1. The zero-order chi connectivity index (χ0) is 12.4. The van der Waals surface area contributed by atoms with E-state index in [4.69, 9.17) is 9.94 Å². The topological polar surface area (TPSA) is 58.9 Å². The molecule has 1 N–H and O–H groups in total. The van der Waals surface area contributed by atoms with E-state index < -0.39 is 5.97 Å². The van der Waals surface area contributed by atoms with Gasteiger partial charge in [0.05, 0.1) is 11.3 Å². The molecule has 1 aliphatic heterocycles. The first-order chi connectivity index (χ1) is 8.15. The second kappa shape index (κ2) is 4.79. The molecular formula is C12H13NO3S. The van der Waals surface area contributed by atoms with Crippen LogP contribution in [0.4, 0.5) is 0 Å². The van der Waals surface area contributed by atoms with E-state index >= 15 is 0 Å². The van der Waals surface area contributed by atoms with Crippen LogP contribution in [-0.2, 0) is 4.84 Å². The Morgan fingerprint density at radius 1 is 1.53 bits per heavy atom. The maximum atomic E-state index is 11.1. The maximum Gasteiger partial charge on any atom is 0.335 e. The number of carboxylic acids is 1. The molecule has 0 saturated heterocycles. The molecule has 0 aromatic heterocycles. The molecule has 0 spiro atoms. The van der Waals surface area contributed by atoms with Gasteiger partial charge in [0.25, 0.3) is 0 Å². The van der Waals surface area contributed by atoms with Crippen molar-refractivity contribution >= 4 is 23.4 Å². The summed E-state index contributed by atoms with van der Waals surface area (Å²) in [7, 11) is 1.50. The summed E-state index contributed by atoms with van der Waals surface area (Å²) in [5.74, 6) is 0.0405. The molecule has 0 unspecified atom stereocenters. The van der Waals surface area contributed by atoms with Crippen LogP contribution in [0.2, 0.25) is 0 Å². The Balaban J connectivity index is 2.62. The molecule has 0 bridgehead atoms. The highest BCUT2D eigenvalue weighted by Crippen LogP contribution is 2.33. The Hall–Kier alpha value is -1.49. The fourth-order valence-corrected chi connectivity index (χ4v) is 3.08. The van der Waals surface area contributed by atoms with E-state index in [9.17, 15) is 4.79 Å². The molecule has 1 aromatic carbocycles. The number of rotatable bonds is 2. The third-order valence-corrected chi connectivity index (χ3v) is 3.80. The summed E-state index contributed by atoms with van der Waals surface area (Å²) in [6.07, 6.45) is 0.801. The Morgan fingerprint density at radius 3 is 2.94 bits per heavy atom. The van der Waals surface area contributed by atoms with Crippen LogP contribution >= 0.6 is 11.8 Å². The molecule has 2 rings (SSSR count). The zero-order valence-corrected chi connectivity index (χ0v) is 10.5. The fourth-order valence-electron chi connectivity index (χ4n) is 1.98. The highest BCUT2D eigenvalue weighted by molar-refractivity contribution is 7.99. The van der Waals surface area contributed by atoms with E-state index in [1.54, 1.807) is 17.8 Å². The third-order valence-electron chi connectivity index (χ3n) is 2.74. The lowest BCUT2D eigenvalue weighted by Crippen LogP contribution is -2.14.